The van der Waals surface area contributed by atoms with Gasteiger partial charge >= 0.3 is 0 Å². The molecule has 2 heterocycles. The van der Waals surface area contributed by atoms with Crippen LogP contribution in [0.5, 0.6) is 5.75 Å². The summed E-state index contributed by atoms with van der Waals surface area (Å²) in [5.74, 6) is 0.379. The Hall–Kier alpha value is -2.01. The van der Waals surface area contributed by atoms with E-state index in [9.17, 15) is 16.8 Å². The van der Waals surface area contributed by atoms with Crippen molar-refractivity contribution in [2.75, 3.05) is 26.2 Å². The highest BCUT2D eigenvalue weighted by Gasteiger charge is 2.30. The highest BCUT2D eigenvalue weighted by Crippen LogP contribution is 2.25. The Morgan fingerprint density at radius 1 is 1.10 bits per heavy atom. The number of nitrogens with one attached hydrogen (secondary N) is 1. The molecule has 29 heavy (non-hydrogen) atoms. The molecule has 8 nitrogen and oxygen atoms in total. The van der Waals surface area contributed by atoms with Crippen molar-refractivity contribution in [2.45, 2.75) is 29.6 Å². The smallest absolute Gasteiger partial charge is 0.244 e. The van der Waals surface area contributed by atoms with Crippen LogP contribution in [-0.4, -0.2) is 52.4 Å². The standard InChI is InChI=1S/C19H25N3O5S2/c1-2-27-18-7-3-4-8-19(18)28(23,24)21-14-16-9-12-22(13-10-16)29(25,26)17-6-5-11-20-15-17/h3-8,11,15-16,21H,2,9-10,12-14H2,1H3. The molecule has 0 atom stereocenters. The number of sulfonamides is 2. The Labute approximate surface area is 172 Å². The average Bonchev–Trinajstić information content (AvgIpc) is 2.74. The van der Waals surface area contributed by atoms with Crippen LogP contribution in [-0.2, 0) is 20.0 Å². The number of para-hydroxylation sites is 1. The van der Waals surface area contributed by atoms with Crippen LogP contribution in [0.2, 0.25) is 0 Å². The third-order valence-corrected chi connectivity index (χ3v) is 8.19. The second-order valence-electron chi connectivity index (χ2n) is 6.77. The summed E-state index contributed by atoms with van der Waals surface area (Å²) in [5, 5.41) is 0. The first-order chi connectivity index (χ1) is 13.8. The van der Waals surface area contributed by atoms with Crippen molar-refractivity contribution in [1.82, 2.24) is 14.0 Å². The van der Waals surface area contributed by atoms with E-state index in [0.29, 0.717) is 38.3 Å². The highest BCUT2D eigenvalue weighted by atomic mass is 32.2. The number of benzene rings is 1. The van der Waals surface area contributed by atoms with Crippen molar-refractivity contribution in [3.63, 3.8) is 0 Å². The molecule has 1 aromatic carbocycles. The number of aromatic nitrogens is 1. The van der Waals surface area contributed by atoms with E-state index in [2.05, 4.69) is 9.71 Å². The minimum atomic E-state index is -3.71. The highest BCUT2D eigenvalue weighted by molar-refractivity contribution is 7.89. The molecule has 10 heteroatoms. The lowest BCUT2D eigenvalue weighted by Crippen LogP contribution is -2.41. The molecule has 0 spiro atoms. The lowest BCUT2D eigenvalue weighted by Gasteiger charge is -2.31. The largest absolute Gasteiger partial charge is 0.492 e. The molecule has 0 unspecified atom stereocenters. The molecule has 0 amide bonds. The summed E-state index contributed by atoms with van der Waals surface area (Å²) < 4.78 is 60.1. The van der Waals surface area contributed by atoms with Crippen LogP contribution in [0.15, 0.2) is 58.6 Å². The van der Waals surface area contributed by atoms with Gasteiger partial charge < -0.3 is 4.74 Å². The molecule has 1 saturated heterocycles. The summed E-state index contributed by atoms with van der Waals surface area (Å²) in [7, 11) is -7.28. The van der Waals surface area contributed by atoms with Crippen molar-refractivity contribution in [3.05, 3.63) is 48.8 Å². The topological polar surface area (TPSA) is 106 Å². The van der Waals surface area contributed by atoms with Gasteiger partial charge in [0.2, 0.25) is 20.0 Å². The number of piperidine rings is 1. The monoisotopic (exact) mass is 439 g/mol. The van der Waals surface area contributed by atoms with E-state index in [1.807, 2.05) is 0 Å². The maximum absolute atomic E-state index is 12.7. The quantitative estimate of drug-likeness (QED) is 0.673. The summed E-state index contributed by atoms with van der Waals surface area (Å²) in [6.45, 7) is 3.11. The first-order valence-electron chi connectivity index (χ1n) is 9.46. The fourth-order valence-corrected chi connectivity index (χ4v) is 5.95. The predicted octanol–water partition coefficient (Wildman–Crippen LogP) is 1.86. The van der Waals surface area contributed by atoms with Gasteiger partial charge in [0.15, 0.2) is 0 Å². The third kappa shape index (κ3) is 5.13. The zero-order chi connectivity index (χ0) is 20.9. The van der Waals surface area contributed by atoms with Crippen molar-refractivity contribution < 1.29 is 21.6 Å². The average molecular weight is 440 g/mol. The summed E-state index contributed by atoms with van der Waals surface area (Å²) >= 11 is 0. The number of hydrogen-bond acceptors (Lipinski definition) is 6. The molecule has 0 saturated carbocycles. The van der Waals surface area contributed by atoms with E-state index in [4.69, 9.17) is 4.74 Å². The van der Waals surface area contributed by atoms with Crippen molar-refractivity contribution in [2.24, 2.45) is 5.92 Å². The molecule has 1 aliphatic heterocycles. The second-order valence-corrected chi connectivity index (χ2v) is 10.4. The van der Waals surface area contributed by atoms with Gasteiger partial charge in [-0.1, -0.05) is 12.1 Å². The zero-order valence-corrected chi connectivity index (χ0v) is 17.8. The lowest BCUT2D eigenvalue weighted by molar-refractivity contribution is 0.274. The summed E-state index contributed by atoms with van der Waals surface area (Å²) in [6.07, 6.45) is 4.02. The SMILES string of the molecule is CCOc1ccccc1S(=O)(=O)NCC1CCN(S(=O)(=O)c2cccnc2)CC1. The molecule has 1 aliphatic rings. The van der Waals surface area contributed by atoms with Gasteiger partial charge in [0.05, 0.1) is 6.61 Å². The molecular weight excluding hydrogens is 414 g/mol. The van der Waals surface area contributed by atoms with Gasteiger partial charge in [-0.2, -0.15) is 4.31 Å². The van der Waals surface area contributed by atoms with Gasteiger partial charge in [-0.25, -0.2) is 21.6 Å². The van der Waals surface area contributed by atoms with Gasteiger partial charge in [-0.15, -0.1) is 0 Å². The maximum atomic E-state index is 12.7. The van der Waals surface area contributed by atoms with E-state index >= 15 is 0 Å². The molecule has 1 fully saturated rings. The van der Waals surface area contributed by atoms with E-state index < -0.39 is 20.0 Å². The number of nitrogens with zero attached hydrogens (tertiary/aromatic N) is 2. The minimum absolute atomic E-state index is 0.0596. The van der Waals surface area contributed by atoms with E-state index in [1.165, 1.54) is 28.8 Å². The Bertz CT molecular complexity index is 1020. The van der Waals surface area contributed by atoms with Crippen molar-refractivity contribution in [1.29, 1.82) is 0 Å². The number of hydrogen-bond donors (Lipinski definition) is 1. The van der Waals surface area contributed by atoms with Gasteiger partial charge in [-0.3, -0.25) is 4.98 Å². The van der Waals surface area contributed by atoms with Crippen LogP contribution < -0.4 is 9.46 Å². The Morgan fingerprint density at radius 2 is 1.83 bits per heavy atom. The predicted molar refractivity (Wildman–Crippen MR) is 109 cm³/mol. The number of pyridine rings is 1. The fraction of sp³-hybridized carbons (Fsp3) is 0.421. The molecule has 2 aromatic rings. The van der Waals surface area contributed by atoms with E-state index in [1.54, 1.807) is 31.2 Å². The molecular formula is C19H25N3O5S2. The van der Waals surface area contributed by atoms with Crippen molar-refractivity contribution >= 4 is 20.0 Å². The summed E-state index contributed by atoms with van der Waals surface area (Å²) in [6, 6.07) is 9.63. The second kappa shape index (κ2) is 9.21. The number of ether oxygens (including phenoxy) is 1. The molecule has 1 aromatic heterocycles. The molecule has 0 aliphatic carbocycles. The first kappa shape index (κ1) is 21.7. The Morgan fingerprint density at radius 3 is 2.48 bits per heavy atom. The van der Waals surface area contributed by atoms with Crippen LogP contribution in [0.25, 0.3) is 0 Å². The van der Waals surface area contributed by atoms with Gasteiger partial charge in [0.25, 0.3) is 0 Å². The van der Waals surface area contributed by atoms with Crippen LogP contribution in [0.3, 0.4) is 0 Å². The number of rotatable bonds is 8. The van der Waals surface area contributed by atoms with Crippen LogP contribution in [0, 0.1) is 5.92 Å². The van der Waals surface area contributed by atoms with E-state index in [0.717, 1.165) is 0 Å². The molecule has 0 radical (unpaired) electrons. The van der Waals surface area contributed by atoms with Crippen LogP contribution in [0.1, 0.15) is 19.8 Å². The zero-order valence-electron chi connectivity index (χ0n) is 16.2. The lowest BCUT2D eigenvalue weighted by atomic mass is 9.99. The minimum Gasteiger partial charge on any atom is -0.492 e. The first-order valence-corrected chi connectivity index (χ1v) is 12.4. The van der Waals surface area contributed by atoms with E-state index in [-0.39, 0.29) is 22.3 Å². The molecule has 1 N–H and O–H groups in total. The van der Waals surface area contributed by atoms with Gasteiger partial charge in [0, 0.05) is 32.0 Å². The molecule has 3 rings (SSSR count). The molecule has 0 bridgehead atoms. The fourth-order valence-electron chi connectivity index (χ4n) is 3.25. The van der Waals surface area contributed by atoms with Crippen LogP contribution >= 0.6 is 0 Å². The van der Waals surface area contributed by atoms with Gasteiger partial charge in [-0.05, 0) is 49.9 Å². The Kier molecular flexibility index (Phi) is 6.89. The van der Waals surface area contributed by atoms with Crippen LogP contribution in [0.4, 0.5) is 0 Å². The van der Waals surface area contributed by atoms with Crippen molar-refractivity contribution in [3.8, 4) is 5.75 Å². The third-order valence-electron chi connectivity index (χ3n) is 4.85. The normalized spacial score (nSPS) is 16.6. The summed E-state index contributed by atoms with van der Waals surface area (Å²) in [4.78, 5) is 4.16. The molecule has 158 valence electrons. The summed E-state index contributed by atoms with van der Waals surface area (Å²) in [5.41, 5.74) is 0. The van der Waals surface area contributed by atoms with Gasteiger partial charge in [0.1, 0.15) is 15.5 Å². The Balaban J connectivity index is 1.59. The maximum Gasteiger partial charge on any atom is 0.244 e.